The Kier molecular flexibility index (Phi) is 2.45. The lowest BCUT2D eigenvalue weighted by atomic mass is 9.81. The fraction of sp³-hybridized carbons (Fsp3) is 0.692. The summed E-state index contributed by atoms with van der Waals surface area (Å²) in [5, 5.41) is 12.2. The van der Waals surface area contributed by atoms with Crippen molar-refractivity contribution < 1.29 is 14.7 Å². The average molecular weight is 235 g/mol. The lowest BCUT2D eigenvalue weighted by Crippen LogP contribution is -2.46. The van der Waals surface area contributed by atoms with E-state index < -0.39 is 11.9 Å². The first-order chi connectivity index (χ1) is 8.16. The minimum Gasteiger partial charge on any atom is -0.481 e. The molecule has 0 aliphatic heterocycles. The van der Waals surface area contributed by atoms with Gasteiger partial charge in [-0.3, -0.25) is 9.59 Å². The number of carboxylic acid groups (broad SMARTS) is 1. The van der Waals surface area contributed by atoms with E-state index in [-0.39, 0.29) is 23.7 Å². The lowest BCUT2D eigenvalue weighted by Gasteiger charge is -2.30. The van der Waals surface area contributed by atoms with Crippen LogP contribution in [0.4, 0.5) is 0 Å². The number of hydrogen-bond donors (Lipinski definition) is 2. The molecule has 0 heterocycles. The molecule has 4 heteroatoms. The highest BCUT2D eigenvalue weighted by atomic mass is 16.4. The van der Waals surface area contributed by atoms with Crippen LogP contribution in [0.15, 0.2) is 12.2 Å². The van der Waals surface area contributed by atoms with Crippen molar-refractivity contribution in [1.82, 2.24) is 5.32 Å². The van der Waals surface area contributed by atoms with E-state index in [1.165, 1.54) is 6.42 Å². The topological polar surface area (TPSA) is 66.4 Å². The van der Waals surface area contributed by atoms with Gasteiger partial charge in [0.2, 0.25) is 5.91 Å². The van der Waals surface area contributed by atoms with Crippen LogP contribution in [-0.2, 0) is 9.59 Å². The molecule has 0 aromatic heterocycles. The van der Waals surface area contributed by atoms with Crippen LogP contribution in [0.1, 0.15) is 25.7 Å². The second-order valence-electron chi connectivity index (χ2n) is 5.47. The minimum absolute atomic E-state index is 0.0426. The quantitative estimate of drug-likeness (QED) is 0.722. The van der Waals surface area contributed by atoms with Crippen LogP contribution in [0.2, 0.25) is 0 Å². The SMILES string of the molecule is O=C(O)C1C2C=CC(C2)C1C(=O)NC1CCC1. The van der Waals surface area contributed by atoms with Gasteiger partial charge in [-0.05, 0) is 37.5 Å². The standard InChI is InChI=1S/C13H17NO3/c15-12(14-9-2-1-3-9)10-7-4-5-8(6-7)11(10)13(16)17/h4-5,7-11H,1-3,6H2,(H,14,15)(H,16,17). The molecule has 4 atom stereocenters. The number of carbonyl (C=O) groups excluding carboxylic acids is 1. The molecule has 3 aliphatic rings. The smallest absolute Gasteiger partial charge is 0.307 e. The Morgan fingerprint density at radius 1 is 1.12 bits per heavy atom. The molecule has 0 aromatic carbocycles. The Hall–Kier alpha value is -1.32. The zero-order valence-electron chi connectivity index (χ0n) is 9.63. The van der Waals surface area contributed by atoms with Crippen LogP contribution >= 0.6 is 0 Å². The Labute approximate surface area is 100 Å². The molecule has 0 saturated heterocycles. The van der Waals surface area contributed by atoms with Crippen molar-refractivity contribution in [2.45, 2.75) is 31.7 Å². The highest BCUT2D eigenvalue weighted by molar-refractivity contribution is 5.87. The predicted octanol–water partition coefficient (Wildman–Crippen LogP) is 1.18. The molecule has 0 aromatic rings. The van der Waals surface area contributed by atoms with E-state index in [2.05, 4.69) is 5.32 Å². The van der Waals surface area contributed by atoms with Crippen LogP contribution in [0, 0.1) is 23.7 Å². The van der Waals surface area contributed by atoms with Crippen molar-refractivity contribution in [2.75, 3.05) is 0 Å². The molecule has 3 aliphatic carbocycles. The lowest BCUT2D eigenvalue weighted by molar-refractivity contribution is -0.148. The fourth-order valence-electron chi connectivity index (χ4n) is 3.37. The van der Waals surface area contributed by atoms with Crippen molar-refractivity contribution in [2.24, 2.45) is 23.7 Å². The Morgan fingerprint density at radius 3 is 2.29 bits per heavy atom. The van der Waals surface area contributed by atoms with Crippen molar-refractivity contribution >= 4 is 11.9 Å². The first-order valence-corrected chi connectivity index (χ1v) is 6.38. The largest absolute Gasteiger partial charge is 0.481 e. The molecule has 4 unspecified atom stereocenters. The summed E-state index contributed by atoms with van der Waals surface area (Å²) >= 11 is 0. The molecule has 0 radical (unpaired) electrons. The highest BCUT2D eigenvalue weighted by Crippen LogP contribution is 2.48. The van der Waals surface area contributed by atoms with E-state index in [0.717, 1.165) is 19.3 Å². The van der Waals surface area contributed by atoms with Gasteiger partial charge in [0.1, 0.15) is 0 Å². The molecule has 0 spiro atoms. The molecule has 2 saturated carbocycles. The summed E-state index contributed by atoms with van der Waals surface area (Å²) in [6.07, 6.45) is 8.08. The summed E-state index contributed by atoms with van der Waals surface area (Å²) in [5.41, 5.74) is 0. The molecule has 17 heavy (non-hydrogen) atoms. The van der Waals surface area contributed by atoms with E-state index in [1.807, 2.05) is 12.2 Å². The third kappa shape index (κ3) is 1.66. The van der Waals surface area contributed by atoms with Gasteiger partial charge in [-0.2, -0.15) is 0 Å². The average Bonchev–Trinajstić information content (AvgIpc) is 2.81. The summed E-state index contributed by atoms with van der Waals surface area (Å²) in [4.78, 5) is 23.4. The van der Waals surface area contributed by atoms with Crippen molar-refractivity contribution in [3.8, 4) is 0 Å². The molecule has 92 valence electrons. The molecule has 2 N–H and O–H groups in total. The first kappa shape index (κ1) is 10.8. The van der Waals surface area contributed by atoms with E-state index in [9.17, 15) is 14.7 Å². The molecule has 4 nitrogen and oxygen atoms in total. The zero-order valence-corrected chi connectivity index (χ0v) is 9.63. The van der Waals surface area contributed by atoms with Crippen molar-refractivity contribution in [3.63, 3.8) is 0 Å². The molecule has 3 rings (SSSR count). The summed E-state index contributed by atoms with van der Waals surface area (Å²) in [6.45, 7) is 0. The third-order valence-corrected chi connectivity index (χ3v) is 4.50. The molecule has 2 bridgehead atoms. The maximum absolute atomic E-state index is 12.1. The van der Waals surface area contributed by atoms with Crippen molar-refractivity contribution in [3.05, 3.63) is 12.2 Å². The third-order valence-electron chi connectivity index (χ3n) is 4.50. The van der Waals surface area contributed by atoms with Crippen LogP contribution < -0.4 is 5.32 Å². The number of nitrogens with one attached hydrogen (secondary N) is 1. The highest BCUT2D eigenvalue weighted by Gasteiger charge is 2.51. The van der Waals surface area contributed by atoms with Crippen LogP contribution in [-0.4, -0.2) is 23.0 Å². The monoisotopic (exact) mass is 235 g/mol. The maximum atomic E-state index is 12.1. The van der Waals surface area contributed by atoms with Gasteiger partial charge in [0, 0.05) is 6.04 Å². The van der Waals surface area contributed by atoms with Gasteiger partial charge in [-0.15, -0.1) is 0 Å². The number of allylic oxidation sites excluding steroid dienone is 2. The number of rotatable bonds is 3. The Balaban J connectivity index is 1.73. The number of carboxylic acids is 1. The molecule has 1 amide bonds. The van der Waals surface area contributed by atoms with E-state index in [1.54, 1.807) is 0 Å². The number of fused-ring (bicyclic) bond motifs is 2. The summed E-state index contributed by atoms with van der Waals surface area (Å²) in [6, 6.07) is 0.292. The van der Waals surface area contributed by atoms with Crippen molar-refractivity contribution in [1.29, 1.82) is 0 Å². The van der Waals surface area contributed by atoms with Gasteiger partial charge >= 0.3 is 5.97 Å². The van der Waals surface area contributed by atoms with Gasteiger partial charge < -0.3 is 10.4 Å². The van der Waals surface area contributed by atoms with E-state index in [4.69, 9.17) is 0 Å². The molecule has 2 fully saturated rings. The van der Waals surface area contributed by atoms with E-state index >= 15 is 0 Å². The number of hydrogen-bond acceptors (Lipinski definition) is 2. The molecular formula is C13H17NO3. The first-order valence-electron chi connectivity index (χ1n) is 6.38. The second kappa shape index (κ2) is 3.86. The zero-order chi connectivity index (χ0) is 12.0. The van der Waals surface area contributed by atoms with Gasteiger partial charge in [0.05, 0.1) is 11.8 Å². The summed E-state index contributed by atoms with van der Waals surface area (Å²) < 4.78 is 0. The second-order valence-corrected chi connectivity index (χ2v) is 5.47. The van der Waals surface area contributed by atoms with Gasteiger partial charge in [0.15, 0.2) is 0 Å². The van der Waals surface area contributed by atoms with Gasteiger partial charge in [-0.1, -0.05) is 12.2 Å². The van der Waals surface area contributed by atoms with Gasteiger partial charge in [-0.25, -0.2) is 0 Å². The van der Waals surface area contributed by atoms with Crippen LogP contribution in [0.3, 0.4) is 0 Å². The minimum atomic E-state index is -0.824. The fourth-order valence-corrected chi connectivity index (χ4v) is 3.37. The molecular weight excluding hydrogens is 218 g/mol. The Bertz CT molecular complexity index is 386. The van der Waals surface area contributed by atoms with Crippen LogP contribution in [0.5, 0.6) is 0 Å². The number of amides is 1. The number of carbonyl (C=O) groups is 2. The normalized spacial score (nSPS) is 39.1. The van der Waals surface area contributed by atoms with Crippen LogP contribution in [0.25, 0.3) is 0 Å². The summed E-state index contributed by atoms with van der Waals surface area (Å²) in [5.74, 6) is -1.52. The summed E-state index contributed by atoms with van der Waals surface area (Å²) in [7, 11) is 0. The predicted molar refractivity (Wildman–Crippen MR) is 61.1 cm³/mol. The van der Waals surface area contributed by atoms with E-state index in [0.29, 0.717) is 6.04 Å². The number of aliphatic carboxylic acids is 1. The Morgan fingerprint density at radius 2 is 1.76 bits per heavy atom. The van der Waals surface area contributed by atoms with Gasteiger partial charge in [0.25, 0.3) is 0 Å². The maximum Gasteiger partial charge on any atom is 0.307 e.